The van der Waals surface area contributed by atoms with Crippen LogP contribution in [0.3, 0.4) is 0 Å². The Morgan fingerprint density at radius 2 is 1.93 bits per heavy atom. The van der Waals surface area contributed by atoms with E-state index < -0.39 is 29.6 Å². The molecular formula is C7H9F3O3S. The maximum Gasteiger partial charge on any atom is 0.416 e. The molecule has 0 aromatic heterocycles. The van der Waals surface area contributed by atoms with E-state index in [1.807, 2.05) is 0 Å². The van der Waals surface area contributed by atoms with Gasteiger partial charge in [0, 0.05) is 5.92 Å². The zero-order valence-electron chi connectivity index (χ0n) is 7.03. The summed E-state index contributed by atoms with van der Waals surface area (Å²) < 4.78 is 59.4. The summed E-state index contributed by atoms with van der Waals surface area (Å²) in [6, 6.07) is 0. The van der Waals surface area contributed by atoms with Crippen LogP contribution in [-0.2, 0) is 15.5 Å². The van der Waals surface area contributed by atoms with Crippen molar-refractivity contribution in [2.24, 2.45) is 5.92 Å². The van der Waals surface area contributed by atoms with Crippen molar-refractivity contribution in [3.63, 3.8) is 0 Å². The smallest absolute Gasteiger partial charge is 0.284 e. The van der Waals surface area contributed by atoms with Crippen LogP contribution in [0.15, 0.2) is 12.2 Å². The first-order chi connectivity index (χ1) is 6.41. The van der Waals surface area contributed by atoms with Gasteiger partial charge in [0.25, 0.3) is 0 Å². The van der Waals surface area contributed by atoms with Gasteiger partial charge in [-0.2, -0.15) is 17.4 Å². The van der Waals surface area contributed by atoms with Crippen molar-refractivity contribution in [1.82, 2.24) is 0 Å². The fourth-order valence-corrected chi connectivity index (χ4v) is 1.82. The largest absolute Gasteiger partial charge is 0.416 e. The number of alkyl halides is 3. The Bertz CT molecular complexity index is 243. The summed E-state index contributed by atoms with van der Waals surface area (Å²) in [6.07, 6.45) is -3.11. The summed E-state index contributed by atoms with van der Waals surface area (Å²) in [7, 11) is 0. The number of hydrogen-bond donors (Lipinski definition) is 1. The topological polar surface area (TPSA) is 46.5 Å². The lowest BCUT2D eigenvalue weighted by Crippen LogP contribution is -2.38. The lowest BCUT2D eigenvalue weighted by Gasteiger charge is -2.23. The highest BCUT2D eigenvalue weighted by Gasteiger charge is 2.47. The maximum absolute atomic E-state index is 12.3. The van der Waals surface area contributed by atoms with Crippen LogP contribution in [0.2, 0.25) is 0 Å². The molecule has 0 saturated carbocycles. The van der Waals surface area contributed by atoms with Crippen LogP contribution in [0.5, 0.6) is 0 Å². The standard InChI is InChI=1S/C7H9F3O3S/c8-7(9,10)6(13-14(11)12)5-3-1-2-4-5/h1-2,5-6H,3-4H2,(H,11,12). The van der Waals surface area contributed by atoms with Gasteiger partial charge in [-0.25, -0.2) is 0 Å². The van der Waals surface area contributed by atoms with Gasteiger partial charge in [0.05, 0.1) is 0 Å². The minimum atomic E-state index is -4.60. The molecule has 14 heavy (non-hydrogen) atoms. The number of allylic oxidation sites excluding steroid dienone is 2. The number of halogens is 3. The zero-order chi connectivity index (χ0) is 10.8. The normalized spacial score (nSPS) is 22.6. The minimum Gasteiger partial charge on any atom is -0.284 e. The highest BCUT2D eigenvalue weighted by atomic mass is 32.2. The fourth-order valence-electron chi connectivity index (χ4n) is 1.37. The molecule has 1 N–H and O–H groups in total. The van der Waals surface area contributed by atoms with Crippen molar-refractivity contribution in [2.45, 2.75) is 25.1 Å². The molecule has 0 amide bonds. The average molecular weight is 230 g/mol. The molecule has 2 atom stereocenters. The average Bonchev–Trinajstić information content (AvgIpc) is 2.49. The fraction of sp³-hybridized carbons (Fsp3) is 0.714. The van der Waals surface area contributed by atoms with Crippen LogP contribution >= 0.6 is 0 Å². The van der Waals surface area contributed by atoms with Gasteiger partial charge in [-0.3, -0.25) is 8.74 Å². The monoisotopic (exact) mass is 230 g/mol. The molecular weight excluding hydrogens is 221 g/mol. The second-order valence-corrected chi connectivity index (χ2v) is 3.61. The van der Waals surface area contributed by atoms with Gasteiger partial charge in [0.1, 0.15) is 0 Å². The van der Waals surface area contributed by atoms with E-state index in [2.05, 4.69) is 4.18 Å². The summed E-state index contributed by atoms with van der Waals surface area (Å²) in [4.78, 5) is 0. The molecule has 3 nitrogen and oxygen atoms in total. The van der Waals surface area contributed by atoms with Crippen molar-refractivity contribution >= 4 is 11.4 Å². The van der Waals surface area contributed by atoms with Crippen LogP contribution in [0, 0.1) is 5.92 Å². The molecule has 1 aliphatic carbocycles. The predicted octanol–water partition coefficient (Wildman–Crippen LogP) is 2.04. The van der Waals surface area contributed by atoms with E-state index in [1.54, 1.807) is 12.2 Å². The van der Waals surface area contributed by atoms with Gasteiger partial charge in [-0.05, 0) is 12.8 Å². The SMILES string of the molecule is O=S(O)OC(C1CC=CC1)C(F)(F)F. The van der Waals surface area contributed by atoms with Crippen LogP contribution in [0.1, 0.15) is 12.8 Å². The van der Waals surface area contributed by atoms with E-state index in [1.165, 1.54) is 0 Å². The van der Waals surface area contributed by atoms with E-state index in [0.717, 1.165) is 0 Å². The van der Waals surface area contributed by atoms with Crippen LogP contribution in [0.25, 0.3) is 0 Å². The Balaban J connectivity index is 2.66. The molecule has 0 bridgehead atoms. The van der Waals surface area contributed by atoms with E-state index in [-0.39, 0.29) is 12.8 Å². The third kappa shape index (κ3) is 3.07. The second kappa shape index (κ2) is 4.41. The summed E-state index contributed by atoms with van der Waals surface area (Å²) >= 11 is -2.89. The number of rotatable bonds is 3. The van der Waals surface area contributed by atoms with E-state index in [0.29, 0.717) is 0 Å². The Morgan fingerprint density at radius 1 is 1.43 bits per heavy atom. The second-order valence-electron chi connectivity index (χ2n) is 2.98. The molecule has 1 rings (SSSR count). The molecule has 0 saturated heterocycles. The van der Waals surface area contributed by atoms with Crippen molar-refractivity contribution in [3.05, 3.63) is 12.2 Å². The molecule has 0 radical (unpaired) electrons. The van der Waals surface area contributed by atoms with Gasteiger partial charge < -0.3 is 0 Å². The first kappa shape index (κ1) is 11.7. The van der Waals surface area contributed by atoms with Gasteiger partial charge >= 0.3 is 17.5 Å². The summed E-state index contributed by atoms with van der Waals surface area (Å²) in [5, 5.41) is 0. The van der Waals surface area contributed by atoms with Crippen molar-refractivity contribution in [1.29, 1.82) is 0 Å². The van der Waals surface area contributed by atoms with Crippen LogP contribution < -0.4 is 0 Å². The summed E-state index contributed by atoms with van der Waals surface area (Å²) in [5.41, 5.74) is 0. The molecule has 0 fully saturated rings. The first-order valence-electron chi connectivity index (χ1n) is 3.91. The number of hydrogen-bond acceptors (Lipinski definition) is 2. The molecule has 0 heterocycles. The predicted molar refractivity (Wildman–Crippen MR) is 43.6 cm³/mol. The van der Waals surface area contributed by atoms with Crippen molar-refractivity contribution < 1.29 is 26.1 Å². The van der Waals surface area contributed by atoms with Gasteiger partial charge in [-0.1, -0.05) is 12.2 Å². The Labute approximate surface area is 81.4 Å². The molecule has 82 valence electrons. The molecule has 7 heteroatoms. The minimum absolute atomic E-state index is 0.224. The van der Waals surface area contributed by atoms with E-state index in [9.17, 15) is 17.4 Å². The quantitative estimate of drug-likeness (QED) is 0.596. The first-order valence-corrected chi connectivity index (χ1v) is 4.94. The molecule has 0 aromatic rings. The van der Waals surface area contributed by atoms with Gasteiger partial charge in [0.2, 0.25) is 0 Å². The molecule has 0 aliphatic heterocycles. The molecule has 0 aromatic carbocycles. The highest BCUT2D eigenvalue weighted by molar-refractivity contribution is 7.74. The molecule has 0 spiro atoms. The summed E-state index contributed by atoms with van der Waals surface area (Å²) in [5.74, 6) is -0.786. The lowest BCUT2D eigenvalue weighted by molar-refractivity contribution is -0.208. The van der Waals surface area contributed by atoms with Gasteiger partial charge in [0.15, 0.2) is 6.10 Å². The third-order valence-electron chi connectivity index (χ3n) is 1.98. The lowest BCUT2D eigenvalue weighted by atomic mass is 10.00. The Morgan fingerprint density at radius 3 is 2.29 bits per heavy atom. The van der Waals surface area contributed by atoms with Gasteiger partial charge in [-0.15, -0.1) is 0 Å². The molecule has 2 unspecified atom stereocenters. The van der Waals surface area contributed by atoms with E-state index >= 15 is 0 Å². The van der Waals surface area contributed by atoms with Crippen molar-refractivity contribution in [3.8, 4) is 0 Å². The zero-order valence-corrected chi connectivity index (χ0v) is 7.85. The van der Waals surface area contributed by atoms with Crippen molar-refractivity contribution in [2.75, 3.05) is 0 Å². The molecule has 1 aliphatic rings. The van der Waals surface area contributed by atoms with E-state index in [4.69, 9.17) is 4.55 Å². The highest BCUT2D eigenvalue weighted by Crippen LogP contribution is 2.35. The Hall–Kier alpha value is -0.400. The maximum atomic E-state index is 12.3. The third-order valence-corrected chi connectivity index (χ3v) is 2.35. The van der Waals surface area contributed by atoms with Crippen LogP contribution in [0.4, 0.5) is 13.2 Å². The van der Waals surface area contributed by atoms with Crippen LogP contribution in [-0.4, -0.2) is 21.0 Å². The summed E-state index contributed by atoms with van der Waals surface area (Å²) in [6.45, 7) is 0. The Kier molecular flexibility index (Phi) is 3.68.